The van der Waals surface area contributed by atoms with Crippen LogP contribution in [0, 0.1) is 11.8 Å². The van der Waals surface area contributed by atoms with Crippen LogP contribution in [0.1, 0.15) is 56.9 Å². The Labute approximate surface area is 220 Å². The molecular weight excluding hydrogens is 505 g/mol. The summed E-state index contributed by atoms with van der Waals surface area (Å²) in [6.45, 7) is 1.27. The van der Waals surface area contributed by atoms with Crippen molar-refractivity contribution >= 4 is 5.97 Å². The maximum Gasteiger partial charge on any atom is 0.416 e. The van der Waals surface area contributed by atoms with E-state index in [-0.39, 0.29) is 48.7 Å². The van der Waals surface area contributed by atoms with Gasteiger partial charge in [0, 0.05) is 31.5 Å². The average Bonchev–Trinajstić information content (AvgIpc) is 3.42. The van der Waals surface area contributed by atoms with Gasteiger partial charge in [0.05, 0.1) is 18.1 Å². The molecular formula is C28H35F3O7. The molecule has 3 heterocycles. The summed E-state index contributed by atoms with van der Waals surface area (Å²) in [5.41, 5.74) is -0.772. The lowest BCUT2D eigenvalue weighted by atomic mass is 9.91. The van der Waals surface area contributed by atoms with E-state index in [4.69, 9.17) is 28.4 Å². The SMILES string of the molecule is O=C1C[C@@H]2[C@@H](C=C[C@H](COc3cccc(C(F)(F)F)c3)OC3CCCCO3)[C@H](OC3CCCCO3)C[C@@H]2O1. The van der Waals surface area contributed by atoms with Gasteiger partial charge in [-0.3, -0.25) is 4.79 Å². The molecule has 7 atom stereocenters. The molecule has 0 spiro atoms. The Morgan fingerprint density at radius 3 is 2.53 bits per heavy atom. The molecule has 10 heteroatoms. The van der Waals surface area contributed by atoms with Gasteiger partial charge in [-0.05, 0) is 56.7 Å². The molecule has 3 aliphatic heterocycles. The third-order valence-corrected chi connectivity index (χ3v) is 7.60. The highest BCUT2D eigenvalue weighted by Crippen LogP contribution is 2.44. The standard InChI is InChI=1S/C28H35F3O7/c29-28(30,31)18-6-5-7-19(14-18)35-17-20(36-26-8-1-3-12-33-26)10-11-21-22-15-25(32)37-24(22)16-23(21)38-27-9-2-4-13-34-27/h5-7,10-11,14,20-24,26-27H,1-4,8-9,12-13,15-17H2/t20-,21-,22-,23-,24+,26?,27?/m1/s1. The first-order valence-electron chi connectivity index (χ1n) is 13.6. The van der Waals surface area contributed by atoms with Crippen molar-refractivity contribution in [1.29, 1.82) is 0 Å². The van der Waals surface area contributed by atoms with Crippen LogP contribution in [0.25, 0.3) is 0 Å². The van der Waals surface area contributed by atoms with Gasteiger partial charge in [-0.2, -0.15) is 13.2 Å². The van der Waals surface area contributed by atoms with Crippen LogP contribution in [-0.4, -0.2) is 56.7 Å². The first kappa shape index (κ1) is 27.4. The lowest BCUT2D eigenvalue weighted by Crippen LogP contribution is -2.32. The Bertz CT molecular complexity index is 956. The van der Waals surface area contributed by atoms with Crippen molar-refractivity contribution in [2.75, 3.05) is 19.8 Å². The molecule has 0 aromatic heterocycles. The van der Waals surface area contributed by atoms with Crippen molar-refractivity contribution in [2.45, 2.75) is 88.4 Å². The van der Waals surface area contributed by atoms with Gasteiger partial charge in [-0.25, -0.2) is 0 Å². The van der Waals surface area contributed by atoms with Crippen LogP contribution in [0.2, 0.25) is 0 Å². The Morgan fingerprint density at radius 1 is 1.05 bits per heavy atom. The highest BCUT2D eigenvalue weighted by Gasteiger charge is 2.50. The summed E-state index contributed by atoms with van der Waals surface area (Å²) in [6.07, 6.45) is 4.24. The fraction of sp³-hybridized carbons (Fsp3) is 0.679. The number of hydrogen-bond acceptors (Lipinski definition) is 7. The highest BCUT2D eigenvalue weighted by atomic mass is 19.4. The van der Waals surface area contributed by atoms with E-state index in [2.05, 4.69) is 0 Å². The number of benzene rings is 1. The Kier molecular flexibility index (Phi) is 8.92. The second-order valence-corrected chi connectivity index (χ2v) is 10.4. The van der Waals surface area contributed by atoms with Crippen molar-refractivity contribution < 1.29 is 46.4 Å². The van der Waals surface area contributed by atoms with Gasteiger partial charge >= 0.3 is 12.1 Å². The molecule has 0 amide bonds. The van der Waals surface area contributed by atoms with E-state index in [1.165, 1.54) is 12.1 Å². The molecule has 0 N–H and O–H groups in total. The van der Waals surface area contributed by atoms with E-state index in [1.54, 1.807) is 0 Å². The van der Waals surface area contributed by atoms with Crippen LogP contribution in [0.5, 0.6) is 5.75 Å². The molecule has 4 aliphatic rings. The first-order valence-corrected chi connectivity index (χ1v) is 13.6. The predicted octanol–water partition coefficient (Wildman–Crippen LogP) is 5.42. The molecule has 7 nitrogen and oxygen atoms in total. The number of fused-ring (bicyclic) bond motifs is 1. The number of carbonyl (C=O) groups is 1. The maximum atomic E-state index is 13.1. The quantitative estimate of drug-likeness (QED) is 0.306. The van der Waals surface area contributed by atoms with Crippen molar-refractivity contribution in [3.63, 3.8) is 0 Å². The lowest BCUT2D eigenvalue weighted by Gasteiger charge is -2.29. The van der Waals surface area contributed by atoms with E-state index in [1.807, 2.05) is 12.2 Å². The summed E-state index contributed by atoms with van der Waals surface area (Å²) in [6, 6.07) is 4.80. The zero-order valence-corrected chi connectivity index (χ0v) is 21.3. The van der Waals surface area contributed by atoms with Crippen LogP contribution in [0.15, 0.2) is 36.4 Å². The molecule has 1 aromatic carbocycles. The molecule has 0 bridgehead atoms. The summed E-state index contributed by atoms with van der Waals surface area (Å²) in [4.78, 5) is 12.0. The number of alkyl halides is 3. The average molecular weight is 541 g/mol. The smallest absolute Gasteiger partial charge is 0.416 e. The predicted molar refractivity (Wildman–Crippen MR) is 129 cm³/mol. The Hall–Kier alpha value is -2.14. The molecule has 1 aromatic rings. The van der Waals surface area contributed by atoms with Gasteiger partial charge in [0.25, 0.3) is 0 Å². The first-order chi connectivity index (χ1) is 18.3. The summed E-state index contributed by atoms with van der Waals surface area (Å²) >= 11 is 0. The van der Waals surface area contributed by atoms with Crippen molar-refractivity contribution in [1.82, 2.24) is 0 Å². The van der Waals surface area contributed by atoms with E-state index < -0.39 is 24.1 Å². The van der Waals surface area contributed by atoms with Crippen molar-refractivity contribution in [3.8, 4) is 5.75 Å². The number of rotatable bonds is 9. The molecule has 1 saturated carbocycles. The third kappa shape index (κ3) is 7.08. The molecule has 210 valence electrons. The molecule has 1 aliphatic carbocycles. The van der Waals surface area contributed by atoms with Crippen molar-refractivity contribution in [2.24, 2.45) is 11.8 Å². The zero-order chi connectivity index (χ0) is 26.5. The Balaban J connectivity index is 1.29. The number of halogens is 3. The molecule has 5 rings (SSSR count). The third-order valence-electron chi connectivity index (χ3n) is 7.60. The molecule has 0 radical (unpaired) electrons. The molecule has 2 unspecified atom stereocenters. The van der Waals surface area contributed by atoms with Gasteiger partial charge < -0.3 is 28.4 Å². The number of carbonyl (C=O) groups excluding carboxylic acids is 1. The maximum absolute atomic E-state index is 13.1. The van der Waals surface area contributed by atoms with Gasteiger partial charge in [-0.1, -0.05) is 18.2 Å². The number of esters is 1. The number of ether oxygens (including phenoxy) is 6. The summed E-state index contributed by atoms with van der Waals surface area (Å²) in [7, 11) is 0. The normalized spacial score (nSPS) is 32.8. The minimum atomic E-state index is -4.46. The molecule has 4 fully saturated rings. The van der Waals surface area contributed by atoms with Crippen LogP contribution in [0.3, 0.4) is 0 Å². The topological polar surface area (TPSA) is 72.5 Å². The molecule has 3 saturated heterocycles. The Morgan fingerprint density at radius 2 is 1.82 bits per heavy atom. The fourth-order valence-electron chi connectivity index (χ4n) is 5.67. The van der Waals surface area contributed by atoms with Gasteiger partial charge in [0.15, 0.2) is 12.6 Å². The summed E-state index contributed by atoms with van der Waals surface area (Å²) in [5, 5.41) is 0. The fourth-order valence-corrected chi connectivity index (χ4v) is 5.67. The molecule has 38 heavy (non-hydrogen) atoms. The van der Waals surface area contributed by atoms with Crippen LogP contribution < -0.4 is 4.74 Å². The summed E-state index contributed by atoms with van der Waals surface area (Å²) < 4.78 is 74.7. The van der Waals surface area contributed by atoms with E-state index >= 15 is 0 Å². The second kappa shape index (κ2) is 12.4. The minimum Gasteiger partial charge on any atom is -0.491 e. The number of hydrogen-bond donors (Lipinski definition) is 0. The van der Waals surface area contributed by atoms with Crippen LogP contribution in [0.4, 0.5) is 13.2 Å². The van der Waals surface area contributed by atoms with Crippen LogP contribution in [-0.2, 0) is 34.7 Å². The zero-order valence-electron chi connectivity index (χ0n) is 21.3. The van der Waals surface area contributed by atoms with E-state index in [0.717, 1.165) is 50.7 Å². The summed E-state index contributed by atoms with van der Waals surface area (Å²) in [5.74, 6) is -0.202. The van der Waals surface area contributed by atoms with E-state index in [9.17, 15) is 18.0 Å². The van der Waals surface area contributed by atoms with Gasteiger partial charge in [0.2, 0.25) is 0 Å². The minimum absolute atomic E-state index is 0.00514. The van der Waals surface area contributed by atoms with Crippen molar-refractivity contribution in [3.05, 3.63) is 42.0 Å². The highest BCUT2D eigenvalue weighted by molar-refractivity contribution is 5.72. The lowest BCUT2D eigenvalue weighted by molar-refractivity contribution is -0.194. The second-order valence-electron chi connectivity index (χ2n) is 10.4. The van der Waals surface area contributed by atoms with Gasteiger partial charge in [-0.15, -0.1) is 0 Å². The van der Waals surface area contributed by atoms with E-state index in [0.29, 0.717) is 26.1 Å². The monoisotopic (exact) mass is 540 g/mol. The van der Waals surface area contributed by atoms with Gasteiger partial charge in [0.1, 0.15) is 24.6 Å². The largest absolute Gasteiger partial charge is 0.491 e. The van der Waals surface area contributed by atoms with Crippen LogP contribution >= 0.6 is 0 Å².